The number of thioether (sulfide) groups is 1. The Kier molecular flexibility index (Phi) is 12.6. The number of carbonyl (C=O) groups excluding carboxylic acids is 2. The first-order valence-corrected chi connectivity index (χ1v) is 20.4. The number of rotatable bonds is 15. The smallest absolute Gasteiger partial charge is 0.266 e. The van der Waals surface area contributed by atoms with Crippen molar-refractivity contribution in [1.29, 1.82) is 0 Å². The van der Waals surface area contributed by atoms with Crippen LogP contribution in [-0.2, 0) is 29.5 Å². The minimum absolute atomic E-state index is 0.0353. The number of nitrogens with one attached hydrogen (secondary N) is 2. The molecule has 0 aliphatic carbocycles. The number of hydrogen-bond acceptors (Lipinski definition) is 10. The van der Waals surface area contributed by atoms with Crippen LogP contribution in [0, 0.1) is 5.41 Å². The summed E-state index contributed by atoms with van der Waals surface area (Å²) in [7, 11) is -8.15. The van der Waals surface area contributed by atoms with Gasteiger partial charge in [0.25, 0.3) is 16.0 Å². The molecule has 0 saturated carbocycles. The van der Waals surface area contributed by atoms with Crippen molar-refractivity contribution >= 4 is 54.9 Å². The SMILES string of the molecule is CCCCC1(CC)CN(c2ccccc2)c2cc(SC)c(OCC(=O)NC(C(=O)NCCS(=O)(=O)O)c3ccc(O)cc3)cc2S(=O)(=O)C1. The van der Waals surface area contributed by atoms with Gasteiger partial charge in [-0.2, -0.15) is 8.42 Å². The molecule has 1 aliphatic rings. The lowest BCUT2D eigenvalue weighted by Gasteiger charge is -2.36. The lowest BCUT2D eigenvalue weighted by Crippen LogP contribution is -2.43. The second kappa shape index (κ2) is 16.3. The summed E-state index contributed by atoms with van der Waals surface area (Å²) in [5.41, 5.74) is 1.20. The van der Waals surface area contributed by atoms with Gasteiger partial charge in [0.05, 0.1) is 27.0 Å². The van der Waals surface area contributed by atoms with Crippen LogP contribution in [0.15, 0.2) is 76.5 Å². The number of benzene rings is 3. The molecule has 0 radical (unpaired) electrons. The molecule has 2 unspecified atom stereocenters. The first-order valence-electron chi connectivity index (χ1n) is 15.9. The third-order valence-corrected chi connectivity index (χ3v) is 12.0. The zero-order valence-corrected chi connectivity index (χ0v) is 30.2. The minimum Gasteiger partial charge on any atom is -0.508 e. The van der Waals surface area contributed by atoms with Crippen molar-refractivity contribution in [1.82, 2.24) is 10.6 Å². The summed E-state index contributed by atoms with van der Waals surface area (Å²) >= 11 is 1.34. The van der Waals surface area contributed by atoms with Crippen LogP contribution in [0.5, 0.6) is 11.5 Å². The largest absolute Gasteiger partial charge is 0.508 e. The summed E-state index contributed by atoms with van der Waals surface area (Å²) in [6.45, 7) is 3.66. The Morgan fingerprint density at radius 3 is 2.39 bits per heavy atom. The van der Waals surface area contributed by atoms with Gasteiger partial charge in [0.2, 0.25) is 5.91 Å². The van der Waals surface area contributed by atoms with Gasteiger partial charge in [-0.3, -0.25) is 14.1 Å². The molecule has 266 valence electrons. The fourth-order valence-corrected chi connectivity index (χ4v) is 8.94. The third-order valence-electron chi connectivity index (χ3n) is 8.55. The van der Waals surface area contributed by atoms with Crippen molar-refractivity contribution in [2.45, 2.75) is 55.4 Å². The Morgan fingerprint density at radius 1 is 1.08 bits per heavy atom. The number of unbranched alkanes of at least 4 members (excludes halogenated alkanes) is 1. The first kappa shape index (κ1) is 38.0. The van der Waals surface area contributed by atoms with E-state index in [-0.39, 0.29) is 22.1 Å². The van der Waals surface area contributed by atoms with Crippen LogP contribution in [0.25, 0.3) is 0 Å². The topological polar surface area (TPSA) is 179 Å². The Morgan fingerprint density at radius 2 is 1.78 bits per heavy atom. The Balaban J connectivity index is 1.64. The second-order valence-corrected chi connectivity index (χ2v) is 16.4. The molecule has 3 aromatic rings. The number of sulfone groups is 1. The maximum atomic E-state index is 14.2. The standard InChI is InChI=1S/C34H43N3O9S3/c1-4-6-16-34(5-2)22-37(25-10-8-7-9-11-25)27-19-29(47-3)28(20-30(27)48(41,42)23-34)46-21-31(39)36-32(24-12-14-26(38)15-13-24)33(40)35-17-18-49(43,44)45/h7-15,19-20,32,38H,4-6,16-18,21-23H2,1-3H3,(H,35,40)(H,36,39)(H,43,44,45). The van der Waals surface area contributed by atoms with Gasteiger partial charge in [-0.05, 0) is 55.0 Å². The summed E-state index contributed by atoms with van der Waals surface area (Å²) in [5.74, 6) is -2.12. The minimum atomic E-state index is -4.34. The number of phenolic OH excluding ortho intramolecular Hbond substituents is 1. The number of hydrogen-bond donors (Lipinski definition) is 4. The predicted octanol–water partition coefficient (Wildman–Crippen LogP) is 4.87. The van der Waals surface area contributed by atoms with Crippen LogP contribution in [0.3, 0.4) is 0 Å². The highest BCUT2D eigenvalue weighted by Crippen LogP contribution is 2.47. The number of carbonyl (C=O) groups is 2. The van der Waals surface area contributed by atoms with Gasteiger partial charge in [-0.15, -0.1) is 11.8 Å². The number of nitrogens with zero attached hydrogens (tertiary/aromatic N) is 1. The highest BCUT2D eigenvalue weighted by molar-refractivity contribution is 7.98. The van der Waals surface area contributed by atoms with Crippen LogP contribution >= 0.6 is 11.8 Å². The molecule has 0 spiro atoms. The molecule has 0 saturated heterocycles. The van der Waals surface area contributed by atoms with Crippen LogP contribution in [0.1, 0.15) is 51.1 Å². The van der Waals surface area contributed by atoms with Gasteiger partial charge in [0, 0.05) is 30.3 Å². The molecule has 0 aromatic heterocycles. The van der Waals surface area contributed by atoms with Gasteiger partial charge in [0.1, 0.15) is 17.5 Å². The van der Waals surface area contributed by atoms with Crippen molar-refractivity contribution < 1.29 is 40.8 Å². The molecule has 2 atom stereocenters. The molecular formula is C34H43N3O9S3. The molecule has 2 amide bonds. The monoisotopic (exact) mass is 733 g/mol. The average Bonchev–Trinajstić information content (AvgIpc) is 3.16. The molecular weight excluding hydrogens is 691 g/mol. The van der Waals surface area contributed by atoms with E-state index in [1.165, 1.54) is 42.1 Å². The van der Waals surface area contributed by atoms with E-state index in [1.54, 1.807) is 6.07 Å². The highest BCUT2D eigenvalue weighted by Gasteiger charge is 2.42. The van der Waals surface area contributed by atoms with Gasteiger partial charge in [-0.25, -0.2) is 8.42 Å². The van der Waals surface area contributed by atoms with Crippen molar-refractivity contribution in [2.75, 3.05) is 42.4 Å². The van der Waals surface area contributed by atoms with E-state index >= 15 is 0 Å². The van der Waals surface area contributed by atoms with Crippen molar-refractivity contribution in [3.8, 4) is 11.5 Å². The number of aromatic hydroxyl groups is 1. The molecule has 4 N–H and O–H groups in total. The summed E-state index contributed by atoms with van der Waals surface area (Å²) < 4.78 is 65.5. The fraction of sp³-hybridized carbons (Fsp3) is 0.412. The van der Waals surface area contributed by atoms with E-state index in [1.807, 2.05) is 43.5 Å². The first-order chi connectivity index (χ1) is 23.2. The van der Waals surface area contributed by atoms with E-state index in [0.717, 1.165) is 24.9 Å². The van der Waals surface area contributed by atoms with Crippen molar-refractivity contribution in [2.24, 2.45) is 5.41 Å². The lowest BCUT2D eigenvalue weighted by atomic mass is 9.81. The summed E-state index contributed by atoms with van der Waals surface area (Å²) in [6.07, 6.45) is 5.08. The number of phenols is 1. The Labute approximate surface area is 292 Å². The van der Waals surface area contributed by atoms with Crippen LogP contribution in [0.2, 0.25) is 0 Å². The van der Waals surface area contributed by atoms with Gasteiger partial charge in [0.15, 0.2) is 16.4 Å². The second-order valence-electron chi connectivity index (χ2n) is 12.1. The van der Waals surface area contributed by atoms with Crippen LogP contribution in [-0.4, -0.2) is 75.8 Å². The zero-order chi connectivity index (χ0) is 35.8. The van der Waals surface area contributed by atoms with E-state index in [4.69, 9.17) is 9.29 Å². The van der Waals surface area contributed by atoms with Crippen molar-refractivity contribution in [3.63, 3.8) is 0 Å². The molecule has 1 aliphatic heterocycles. The average molecular weight is 734 g/mol. The maximum Gasteiger partial charge on any atom is 0.266 e. The fourth-order valence-electron chi connectivity index (χ4n) is 5.86. The lowest BCUT2D eigenvalue weighted by molar-refractivity contribution is -0.130. The van der Waals surface area contributed by atoms with E-state index in [2.05, 4.69) is 22.5 Å². The molecule has 4 rings (SSSR count). The molecule has 1 heterocycles. The number of anilines is 2. The normalized spacial score (nSPS) is 17.8. The summed E-state index contributed by atoms with van der Waals surface area (Å²) in [6, 6.07) is 17.1. The van der Waals surface area contributed by atoms with E-state index < -0.39 is 62.1 Å². The van der Waals surface area contributed by atoms with Crippen LogP contribution < -0.4 is 20.3 Å². The number of ether oxygens (including phenoxy) is 1. The van der Waals surface area contributed by atoms with Gasteiger partial charge >= 0.3 is 0 Å². The summed E-state index contributed by atoms with van der Waals surface area (Å²) in [4.78, 5) is 29.0. The number of amides is 2. The summed E-state index contributed by atoms with van der Waals surface area (Å²) in [5, 5.41) is 14.6. The molecule has 12 nitrogen and oxygen atoms in total. The predicted molar refractivity (Wildman–Crippen MR) is 190 cm³/mol. The maximum absolute atomic E-state index is 14.2. The van der Waals surface area contributed by atoms with Crippen molar-refractivity contribution in [3.05, 3.63) is 72.3 Å². The highest BCUT2D eigenvalue weighted by atomic mass is 32.2. The zero-order valence-electron chi connectivity index (χ0n) is 27.7. The Bertz CT molecular complexity index is 1840. The molecule has 49 heavy (non-hydrogen) atoms. The van der Waals surface area contributed by atoms with Gasteiger partial charge in [-0.1, -0.05) is 57.0 Å². The number of fused-ring (bicyclic) bond motifs is 1. The molecule has 15 heteroatoms. The number of para-hydroxylation sites is 1. The molecule has 3 aromatic carbocycles. The van der Waals surface area contributed by atoms with E-state index in [0.29, 0.717) is 29.1 Å². The van der Waals surface area contributed by atoms with Gasteiger partial charge < -0.3 is 25.4 Å². The van der Waals surface area contributed by atoms with Crippen LogP contribution in [0.4, 0.5) is 11.4 Å². The third kappa shape index (κ3) is 9.90. The Hall–Kier alpha value is -3.79. The molecule has 0 bridgehead atoms. The quantitative estimate of drug-likeness (QED) is 0.124. The molecule has 0 fully saturated rings. The van der Waals surface area contributed by atoms with E-state index in [9.17, 15) is 31.5 Å².